The monoisotopic (exact) mass is 260 g/mol. The topological polar surface area (TPSA) is 43.4 Å². The van der Waals surface area contributed by atoms with Gasteiger partial charge in [0.15, 0.2) is 5.78 Å². The van der Waals surface area contributed by atoms with Crippen LogP contribution >= 0.6 is 0 Å². The van der Waals surface area contributed by atoms with Gasteiger partial charge in [0.1, 0.15) is 5.41 Å². The third-order valence-electron chi connectivity index (χ3n) is 4.12. The Morgan fingerprint density at radius 3 is 2.00 bits per heavy atom. The van der Waals surface area contributed by atoms with Gasteiger partial charge in [-0.25, -0.2) is 0 Å². The van der Waals surface area contributed by atoms with Crippen molar-refractivity contribution in [2.75, 3.05) is 7.11 Å². The summed E-state index contributed by atoms with van der Waals surface area (Å²) in [6.45, 7) is 5.86. The van der Waals surface area contributed by atoms with E-state index in [0.717, 1.165) is 23.1 Å². The minimum absolute atomic E-state index is 0.0689. The van der Waals surface area contributed by atoms with Gasteiger partial charge in [0, 0.05) is 5.56 Å². The summed E-state index contributed by atoms with van der Waals surface area (Å²) in [5.74, 6) is -0.455. The largest absolute Gasteiger partial charge is 0.468 e. The van der Waals surface area contributed by atoms with E-state index >= 15 is 0 Å². The molecule has 0 heterocycles. The Morgan fingerprint density at radius 1 is 1.11 bits per heavy atom. The molecule has 1 aliphatic carbocycles. The van der Waals surface area contributed by atoms with Crippen molar-refractivity contribution in [3.8, 4) is 0 Å². The summed E-state index contributed by atoms with van der Waals surface area (Å²) in [6.07, 6.45) is 2.11. The van der Waals surface area contributed by atoms with Gasteiger partial charge in [-0.2, -0.15) is 0 Å². The molecule has 0 N–H and O–H groups in total. The minimum atomic E-state index is -0.931. The van der Waals surface area contributed by atoms with E-state index in [4.69, 9.17) is 4.74 Å². The van der Waals surface area contributed by atoms with Crippen molar-refractivity contribution in [3.05, 3.63) is 34.4 Å². The van der Waals surface area contributed by atoms with Crippen molar-refractivity contribution in [2.24, 2.45) is 5.41 Å². The number of benzene rings is 1. The summed E-state index contributed by atoms with van der Waals surface area (Å²) in [5, 5.41) is 0. The SMILES string of the molecule is COC(=O)C1(C(=O)c2c(C)cc(C)cc2C)CCC1. The van der Waals surface area contributed by atoms with E-state index in [9.17, 15) is 9.59 Å². The highest BCUT2D eigenvalue weighted by Crippen LogP contribution is 2.45. The summed E-state index contributed by atoms with van der Waals surface area (Å²) >= 11 is 0. The maximum Gasteiger partial charge on any atom is 0.319 e. The molecule has 1 saturated carbocycles. The second kappa shape index (κ2) is 4.80. The fraction of sp³-hybridized carbons (Fsp3) is 0.500. The zero-order valence-electron chi connectivity index (χ0n) is 12.0. The second-order valence-electron chi connectivity index (χ2n) is 5.53. The molecule has 2 rings (SSSR count). The number of esters is 1. The first-order chi connectivity index (χ1) is 8.92. The molecule has 0 spiro atoms. The number of rotatable bonds is 3. The van der Waals surface area contributed by atoms with Crippen LogP contribution in [0.5, 0.6) is 0 Å². The van der Waals surface area contributed by atoms with Crippen LogP contribution in [0.15, 0.2) is 12.1 Å². The molecule has 102 valence electrons. The normalized spacial score (nSPS) is 16.6. The molecule has 0 bridgehead atoms. The van der Waals surface area contributed by atoms with Crippen LogP contribution in [0.4, 0.5) is 0 Å². The molecule has 19 heavy (non-hydrogen) atoms. The molecule has 0 radical (unpaired) electrons. The average molecular weight is 260 g/mol. The van der Waals surface area contributed by atoms with Crippen molar-refractivity contribution in [1.29, 1.82) is 0 Å². The van der Waals surface area contributed by atoms with Gasteiger partial charge in [-0.05, 0) is 44.7 Å². The summed E-state index contributed by atoms with van der Waals surface area (Å²) in [7, 11) is 1.35. The van der Waals surface area contributed by atoms with Gasteiger partial charge >= 0.3 is 5.97 Å². The summed E-state index contributed by atoms with van der Waals surface area (Å²) in [5.41, 5.74) is 2.78. The lowest BCUT2D eigenvalue weighted by Crippen LogP contribution is -2.46. The van der Waals surface area contributed by atoms with Crippen LogP contribution in [-0.2, 0) is 9.53 Å². The second-order valence-corrected chi connectivity index (χ2v) is 5.53. The summed E-state index contributed by atoms with van der Waals surface area (Å²) in [6, 6.07) is 3.98. The number of hydrogen-bond donors (Lipinski definition) is 0. The van der Waals surface area contributed by atoms with Crippen LogP contribution in [0.2, 0.25) is 0 Å². The molecule has 0 aliphatic heterocycles. The van der Waals surface area contributed by atoms with Crippen LogP contribution in [0, 0.1) is 26.2 Å². The van der Waals surface area contributed by atoms with Gasteiger partial charge in [0.05, 0.1) is 7.11 Å². The number of carbonyl (C=O) groups excluding carboxylic acids is 2. The average Bonchev–Trinajstić information content (AvgIpc) is 2.25. The molecular formula is C16H20O3. The molecule has 3 nitrogen and oxygen atoms in total. The lowest BCUT2D eigenvalue weighted by atomic mass is 9.63. The van der Waals surface area contributed by atoms with E-state index in [0.29, 0.717) is 18.4 Å². The highest BCUT2D eigenvalue weighted by Gasteiger charge is 2.52. The molecular weight excluding hydrogens is 240 g/mol. The van der Waals surface area contributed by atoms with Gasteiger partial charge in [-0.1, -0.05) is 24.1 Å². The lowest BCUT2D eigenvalue weighted by Gasteiger charge is -2.37. The molecule has 1 aromatic carbocycles. The number of Topliss-reactive ketones (excluding diaryl/α,β-unsaturated/α-hetero) is 1. The number of hydrogen-bond acceptors (Lipinski definition) is 3. The van der Waals surface area contributed by atoms with Crippen molar-refractivity contribution < 1.29 is 14.3 Å². The van der Waals surface area contributed by atoms with Gasteiger partial charge in [-0.15, -0.1) is 0 Å². The van der Waals surface area contributed by atoms with Crippen LogP contribution in [-0.4, -0.2) is 18.9 Å². The standard InChI is InChI=1S/C16H20O3/c1-10-8-11(2)13(12(3)9-10)14(17)16(6-5-7-16)15(18)19-4/h8-9H,5-7H2,1-4H3. The Kier molecular flexibility index (Phi) is 3.48. The number of aryl methyl sites for hydroxylation is 3. The van der Waals surface area contributed by atoms with Crippen LogP contribution in [0.25, 0.3) is 0 Å². The predicted molar refractivity (Wildman–Crippen MR) is 73.3 cm³/mol. The number of methoxy groups -OCH3 is 1. The molecule has 3 heteroatoms. The van der Waals surface area contributed by atoms with Crippen LogP contribution < -0.4 is 0 Å². The van der Waals surface area contributed by atoms with Crippen molar-refractivity contribution in [2.45, 2.75) is 40.0 Å². The van der Waals surface area contributed by atoms with E-state index in [1.165, 1.54) is 7.11 Å². The maximum atomic E-state index is 12.8. The quantitative estimate of drug-likeness (QED) is 0.476. The molecule has 0 atom stereocenters. The van der Waals surface area contributed by atoms with E-state index in [1.807, 2.05) is 32.9 Å². The molecule has 1 aliphatic rings. The first-order valence-corrected chi connectivity index (χ1v) is 6.63. The van der Waals surface area contributed by atoms with Crippen molar-refractivity contribution >= 4 is 11.8 Å². The van der Waals surface area contributed by atoms with Crippen LogP contribution in [0.1, 0.15) is 46.3 Å². The van der Waals surface area contributed by atoms with Crippen molar-refractivity contribution in [1.82, 2.24) is 0 Å². The van der Waals surface area contributed by atoms with E-state index in [-0.39, 0.29) is 11.8 Å². The van der Waals surface area contributed by atoms with Crippen molar-refractivity contribution in [3.63, 3.8) is 0 Å². The third-order valence-corrected chi connectivity index (χ3v) is 4.12. The van der Waals surface area contributed by atoms with E-state index in [2.05, 4.69) is 0 Å². The van der Waals surface area contributed by atoms with Gasteiger partial charge in [0.25, 0.3) is 0 Å². The summed E-state index contributed by atoms with van der Waals surface area (Å²) < 4.78 is 4.84. The maximum absolute atomic E-state index is 12.8. The number of ketones is 1. The Morgan fingerprint density at radius 2 is 1.63 bits per heavy atom. The van der Waals surface area contributed by atoms with Gasteiger partial charge in [0.2, 0.25) is 0 Å². The summed E-state index contributed by atoms with van der Waals surface area (Å²) in [4.78, 5) is 24.8. The Bertz CT molecular complexity index is 516. The predicted octanol–water partition coefficient (Wildman–Crippen LogP) is 3.14. The molecule has 0 amide bonds. The Labute approximate surface area is 114 Å². The van der Waals surface area contributed by atoms with E-state index < -0.39 is 5.41 Å². The zero-order valence-corrected chi connectivity index (χ0v) is 12.0. The number of carbonyl (C=O) groups is 2. The van der Waals surface area contributed by atoms with Crippen LogP contribution in [0.3, 0.4) is 0 Å². The van der Waals surface area contributed by atoms with Gasteiger partial charge in [-0.3, -0.25) is 9.59 Å². The van der Waals surface area contributed by atoms with Gasteiger partial charge < -0.3 is 4.74 Å². The fourth-order valence-corrected chi connectivity index (χ4v) is 3.03. The number of ether oxygens (including phenoxy) is 1. The third kappa shape index (κ3) is 2.07. The Hall–Kier alpha value is -1.64. The fourth-order valence-electron chi connectivity index (χ4n) is 3.03. The first-order valence-electron chi connectivity index (χ1n) is 6.63. The highest BCUT2D eigenvalue weighted by molar-refractivity contribution is 6.14. The molecule has 1 fully saturated rings. The molecule has 0 unspecified atom stereocenters. The van der Waals surface area contributed by atoms with E-state index in [1.54, 1.807) is 0 Å². The Balaban J connectivity index is 2.47. The molecule has 0 saturated heterocycles. The first kappa shape index (κ1) is 13.8. The minimum Gasteiger partial charge on any atom is -0.468 e. The molecule has 0 aromatic heterocycles. The molecule has 1 aromatic rings. The lowest BCUT2D eigenvalue weighted by molar-refractivity contribution is -0.153. The zero-order chi connectivity index (χ0) is 14.2. The highest BCUT2D eigenvalue weighted by atomic mass is 16.5. The smallest absolute Gasteiger partial charge is 0.319 e.